The minimum Gasteiger partial charge on any atom is -0.481 e. The molecule has 4 N–H and O–H groups in total. The lowest BCUT2D eigenvalue weighted by Gasteiger charge is -2.14. The van der Waals surface area contributed by atoms with Gasteiger partial charge in [0.25, 0.3) is 0 Å². The molecule has 0 radical (unpaired) electrons. The Morgan fingerprint density at radius 1 is 1.62 bits per heavy atom. The van der Waals surface area contributed by atoms with E-state index in [0.29, 0.717) is 0 Å². The number of carbonyl (C=O) groups is 2. The highest BCUT2D eigenvalue weighted by Gasteiger charge is 2.64. The topological polar surface area (TPSA) is 110 Å². The molecule has 0 aromatic heterocycles. The standard InChI is InChI=1S/C10H15NO5/c1-2-3-16-5-10(9(14)15)4-6(10)7(11)8(12)13/h2,6-7H,1,3-5,11H2,(H,12,13)(H,14,15)/t6-,7-,10+/m0/s1. The summed E-state index contributed by atoms with van der Waals surface area (Å²) in [5.74, 6) is -2.80. The van der Waals surface area contributed by atoms with E-state index in [4.69, 9.17) is 20.7 Å². The summed E-state index contributed by atoms with van der Waals surface area (Å²) in [4.78, 5) is 21.7. The Kier molecular flexibility index (Phi) is 3.66. The van der Waals surface area contributed by atoms with Crippen LogP contribution in [0.2, 0.25) is 0 Å². The van der Waals surface area contributed by atoms with Gasteiger partial charge in [-0.1, -0.05) is 6.08 Å². The van der Waals surface area contributed by atoms with E-state index < -0.39 is 29.3 Å². The van der Waals surface area contributed by atoms with Gasteiger partial charge in [0.1, 0.15) is 6.04 Å². The molecule has 0 unspecified atom stereocenters. The van der Waals surface area contributed by atoms with Crippen molar-refractivity contribution in [2.45, 2.75) is 12.5 Å². The normalized spacial score (nSPS) is 29.4. The highest BCUT2D eigenvalue weighted by atomic mass is 16.5. The Morgan fingerprint density at radius 3 is 2.69 bits per heavy atom. The van der Waals surface area contributed by atoms with Crippen molar-refractivity contribution >= 4 is 11.9 Å². The summed E-state index contributed by atoms with van der Waals surface area (Å²) in [7, 11) is 0. The third kappa shape index (κ3) is 2.23. The number of hydrogen-bond acceptors (Lipinski definition) is 4. The minimum atomic E-state index is -1.18. The molecule has 3 atom stereocenters. The van der Waals surface area contributed by atoms with Crippen molar-refractivity contribution in [1.82, 2.24) is 0 Å². The van der Waals surface area contributed by atoms with Crippen LogP contribution < -0.4 is 5.73 Å². The van der Waals surface area contributed by atoms with Crippen LogP contribution in [0.1, 0.15) is 6.42 Å². The summed E-state index contributed by atoms with van der Waals surface area (Å²) in [5, 5.41) is 17.8. The Bertz CT molecular complexity index is 316. The van der Waals surface area contributed by atoms with Gasteiger partial charge < -0.3 is 20.7 Å². The van der Waals surface area contributed by atoms with Crippen molar-refractivity contribution in [1.29, 1.82) is 0 Å². The van der Waals surface area contributed by atoms with E-state index >= 15 is 0 Å². The maximum Gasteiger partial charge on any atom is 0.320 e. The quantitative estimate of drug-likeness (QED) is 0.408. The first-order valence-corrected chi connectivity index (χ1v) is 4.86. The highest BCUT2D eigenvalue weighted by Crippen LogP contribution is 2.54. The number of carboxylic acid groups (broad SMARTS) is 2. The van der Waals surface area contributed by atoms with Crippen molar-refractivity contribution in [3.8, 4) is 0 Å². The zero-order chi connectivity index (χ0) is 12.3. The molecule has 0 bridgehead atoms. The Balaban J connectivity index is 2.62. The highest BCUT2D eigenvalue weighted by molar-refractivity contribution is 5.83. The fraction of sp³-hybridized carbons (Fsp3) is 0.600. The number of nitrogens with two attached hydrogens (primary N) is 1. The smallest absolute Gasteiger partial charge is 0.320 e. The van der Waals surface area contributed by atoms with Gasteiger partial charge in [0.2, 0.25) is 0 Å². The molecule has 0 heterocycles. The lowest BCUT2D eigenvalue weighted by atomic mass is 10.0. The van der Waals surface area contributed by atoms with Gasteiger partial charge in [-0.3, -0.25) is 9.59 Å². The van der Waals surface area contributed by atoms with Crippen LogP contribution in [0.5, 0.6) is 0 Å². The van der Waals surface area contributed by atoms with E-state index in [2.05, 4.69) is 6.58 Å². The second-order valence-electron chi connectivity index (χ2n) is 3.94. The molecule has 0 aliphatic heterocycles. The maximum absolute atomic E-state index is 11.1. The molecule has 0 saturated heterocycles. The largest absolute Gasteiger partial charge is 0.481 e. The van der Waals surface area contributed by atoms with Crippen LogP contribution in [0.4, 0.5) is 0 Å². The van der Waals surface area contributed by atoms with E-state index in [1.165, 1.54) is 6.08 Å². The molecule has 1 saturated carbocycles. The van der Waals surface area contributed by atoms with E-state index in [0.717, 1.165) is 0 Å². The van der Waals surface area contributed by atoms with Crippen molar-refractivity contribution in [2.75, 3.05) is 13.2 Å². The van der Waals surface area contributed by atoms with E-state index in [1.807, 2.05) is 0 Å². The van der Waals surface area contributed by atoms with Crippen LogP contribution in [-0.4, -0.2) is 41.4 Å². The Hall–Kier alpha value is -1.40. The second kappa shape index (κ2) is 4.63. The molecule has 1 fully saturated rings. The first kappa shape index (κ1) is 12.7. The Morgan fingerprint density at radius 2 is 2.25 bits per heavy atom. The van der Waals surface area contributed by atoms with Gasteiger partial charge in [-0.2, -0.15) is 0 Å². The predicted molar refractivity (Wildman–Crippen MR) is 54.8 cm³/mol. The van der Waals surface area contributed by atoms with E-state index in [9.17, 15) is 9.59 Å². The Labute approximate surface area is 92.7 Å². The predicted octanol–water partition coefficient (Wildman–Crippen LogP) is -0.308. The minimum absolute atomic E-state index is 0.0278. The molecule has 16 heavy (non-hydrogen) atoms. The average Bonchev–Trinajstić information content (AvgIpc) is 2.93. The van der Waals surface area contributed by atoms with E-state index in [-0.39, 0.29) is 19.6 Å². The lowest BCUT2D eigenvalue weighted by Crippen LogP contribution is -2.37. The maximum atomic E-state index is 11.1. The summed E-state index contributed by atoms with van der Waals surface area (Å²) in [6.45, 7) is 3.65. The third-order valence-electron chi connectivity index (χ3n) is 2.87. The molecule has 6 heteroatoms. The molecule has 0 amide bonds. The summed E-state index contributed by atoms with van der Waals surface area (Å²) >= 11 is 0. The molecular weight excluding hydrogens is 214 g/mol. The van der Waals surface area contributed by atoms with Gasteiger partial charge in [0.15, 0.2) is 0 Å². The van der Waals surface area contributed by atoms with Crippen molar-refractivity contribution < 1.29 is 24.5 Å². The van der Waals surface area contributed by atoms with Crippen molar-refractivity contribution in [3.05, 3.63) is 12.7 Å². The number of hydrogen-bond donors (Lipinski definition) is 3. The molecule has 0 aromatic carbocycles. The number of carboxylic acids is 2. The van der Waals surface area contributed by atoms with Crippen LogP contribution in [0, 0.1) is 11.3 Å². The van der Waals surface area contributed by atoms with Gasteiger partial charge in [-0.05, 0) is 6.42 Å². The van der Waals surface area contributed by atoms with Gasteiger partial charge in [-0.25, -0.2) is 0 Å². The summed E-state index contributed by atoms with van der Waals surface area (Å²) in [6.07, 6.45) is 1.75. The first-order chi connectivity index (χ1) is 7.45. The van der Waals surface area contributed by atoms with Crippen LogP contribution in [0.15, 0.2) is 12.7 Å². The second-order valence-corrected chi connectivity index (χ2v) is 3.94. The molecular formula is C10H15NO5. The molecule has 90 valence electrons. The molecule has 6 nitrogen and oxygen atoms in total. The molecule has 1 aliphatic carbocycles. The molecule has 0 aromatic rings. The SMILES string of the molecule is C=CCOC[C@]1(C(=O)O)C[C@H]1[C@H](N)C(=O)O. The van der Waals surface area contributed by atoms with Gasteiger partial charge in [-0.15, -0.1) is 6.58 Å². The zero-order valence-electron chi connectivity index (χ0n) is 8.76. The zero-order valence-corrected chi connectivity index (χ0v) is 8.76. The monoisotopic (exact) mass is 229 g/mol. The van der Waals surface area contributed by atoms with Crippen molar-refractivity contribution in [2.24, 2.45) is 17.1 Å². The fourth-order valence-corrected chi connectivity index (χ4v) is 1.77. The van der Waals surface area contributed by atoms with Gasteiger partial charge in [0.05, 0.1) is 18.6 Å². The summed E-state index contributed by atoms with van der Waals surface area (Å²) in [5.41, 5.74) is 4.26. The van der Waals surface area contributed by atoms with Gasteiger partial charge in [0, 0.05) is 5.92 Å². The number of aliphatic carboxylic acids is 2. The third-order valence-corrected chi connectivity index (χ3v) is 2.87. The number of ether oxygens (including phenoxy) is 1. The van der Waals surface area contributed by atoms with Crippen LogP contribution in [-0.2, 0) is 14.3 Å². The van der Waals surface area contributed by atoms with Crippen molar-refractivity contribution in [3.63, 3.8) is 0 Å². The summed E-state index contributed by atoms with van der Waals surface area (Å²) < 4.78 is 5.08. The first-order valence-electron chi connectivity index (χ1n) is 4.86. The van der Waals surface area contributed by atoms with Crippen LogP contribution in [0.25, 0.3) is 0 Å². The molecule has 0 spiro atoms. The van der Waals surface area contributed by atoms with Crippen LogP contribution in [0.3, 0.4) is 0 Å². The van der Waals surface area contributed by atoms with E-state index in [1.54, 1.807) is 0 Å². The molecule has 1 rings (SSSR count). The number of rotatable bonds is 7. The van der Waals surface area contributed by atoms with Crippen LogP contribution >= 0.6 is 0 Å². The average molecular weight is 229 g/mol. The lowest BCUT2D eigenvalue weighted by molar-refractivity contribution is -0.147. The fourth-order valence-electron chi connectivity index (χ4n) is 1.77. The summed E-state index contributed by atoms with van der Waals surface area (Å²) in [6, 6.07) is -1.15. The van der Waals surface area contributed by atoms with Gasteiger partial charge >= 0.3 is 11.9 Å². The molecule has 1 aliphatic rings.